The van der Waals surface area contributed by atoms with Gasteiger partial charge in [-0.2, -0.15) is 0 Å². The van der Waals surface area contributed by atoms with Crippen LogP contribution in [0.4, 0.5) is 4.79 Å². The number of fused-ring (bicyclic) bond motifs is 2. The maximum atomic E-state index is 11.6. The van der Waals surface area contributed by atoms with E-state index in [4.69, 9.17) is 4.74 Å². The second kappa shape index (κ2) is 4.77. The van der Waals surface area contributed by atoms with Gasteiger partial charge in [0.1, 0.15) is 0 Å². The van der Waals surface area contributed by atoms with Gasteiger partial charge in [0, 0.05) is 6.42 Å². The molecular weight excluding hydrogens is 262 g/mol. The molecule has 0 aromatic heterocycles. The first-order valence-electron chi connectivity index (χ1n) is 7.16. The summed E-state index contributed by atoms with van der Waals surface area (Å²) in [6, 6.07) is 18.9. The van der Waals surface area contributed by atoms with Crippen molar-refractivity contribution < 1.29 is 9.53 Å². The number of nitrogens with one attached hydrogen (secondary N) is 1. The van der Waals surface area contributed by atoms with Gasteiger partial charge >= 0.3 is 6.09 Å². The molecule has 0 saturated carbocycles. The number of benzene rings is 3. The van der Waals surface area contributed by atoms with Crippen LogP contribution in [0.2, 0.25) is 0 Å². The summed E-state index contributed by atoms with van der Waals surface area (Å²) in [6.07, 6.45) is 0.465. The summed E-state index contributed by atoms with van der Waals surface area (Å²) in [6.45, 7) is 0.466. The maximum absolute atomic E-state index is 11.6. The Balaban J connectivity index is 2.04. The Morgan fingerprint density at radius 1 is 0.952 bits per heavy atom. The molecule has 104 valence electrons. The van der Waals surface area contributed by atoms with Crippen LogP contribution in [0.3, 0.4) is 0 Å². The van der Waals surface area contributed by atoms with Gasteiger partial charge in [0.25, 0.3) is 0 Å². The van der Waals surface area contributed by atoms with Crippen LogP contribution < -0.4 is 5.32 Å². The van der Waals surface area contributed by atoms with E-state index in [1.54, 1.807) is 0 Å². The number of hydrogen-bond donors (Lipinski definition) is 1. The third-order valence-electron chi connectivity index (χ3n) is 4.09. The molecule has 1 atom stereocenters. The fourth-order valence-corrected chi connectivity index (χ4v) is 3.17. The molecule has 0 unspecified atom stereocenters. The highest BCUT2D eigenvalue weighted by Crippen LogP contribution is 2.35. The summed E-state index contributed by atoms with van der Waals surface area (Å²) >= 11 is 0. The molecule has 0 spiro atoms. The second-order valence-electron chi connectivity index (χ2n) is 5.35. The number of rotatable bonds is 1. The minimum absolute atomic E-state index is 0.00208. The van der Waals surface area contributed by atoms with Crippen LogP contribution >= 0.6 is 0 Å². The van der Waals surface area contributed by atoms with Crippen molar-refractivity contribution in [2.75, 3.05) is 6.61 Å². The Morgan fingerprint density at radius 3 is 2.19 bits per heavy atom. The van der Waals surface area contributed by atoms with Crippen molar-refractivity contribution in [2.45, 2.75) is 12.5 Å². The maximum Gasteiger partial charge on any atom is 0.407 e. The number of hydrogen-bond acceptors (Lipinski definition) is 2. The summed E-state index contributed by atoms with van der Waals surface area (Å²) < 4.78 is 5.00. The first-order chi connectivity index (χ1) is 10.3. The molecule has 1 N–H and O–H groups in total. The molecule has 3 aromatic carbocycles. The Bertz CT molecular complexity index is 787. The van der Waals surface area contributed by atoms with Crippen LogP contribution in [0.5, 0.6) is 0 Å². The van der Waals surface area contributed by atoms with E-state index in [2.05, 4.69) is 35.6 Å². The van der Waals surface area contributed by atoms with Crippen molar-refractivity contribution in [3.05, 3.63) is 60.2 Å². The van der Waals surface area contributed by atoms with Crippen LogP contribution in [0, 0.1) is 0 Å². The molecule has 1 fully saturated rings. The minimum Gasteiger partial charge on any atom is -0.449 e. The number of ether oxygens (including phenoxy) is 1. The van der Waals surface area contributed by atoms with E-state index in [1.807, 2.05) is 24.3 Å². The normalized spacial score (nSPS) is 18.5. The quantitative estimate of drug-likeness (QED) is 0.678. The second-order valence-corrected chi connectivity index (χ2v) is 5.35. The zero-order valence-corrected chi connectivity index (χ0v) is 11.5. The lowest BCUT2D eigenvalue weighted by atomic mass is 9.91. The van der Waals surface area contributed by atoms with Gasteiger partial charge in [-0.3, -0.25) is 0 Å². The largest absolute Gasteiger partial charge is 0.449 e. The zero-order chi connectivity index (χ0) is 14.2. The number of cyclic esters (lactones) is 1. The van der Waals surface area contributed by atoms with Gasteiger partial charge in [-0.05, 0) is 33.2 Å². The fourth-order valence-electron chi connectivity index (χ4n) is 3.17. The predicted molar refractivity (Wildman–Crippen MR) is 83.3 cm³/mol. The van der Waals surface area contributed by atoms with Crippen molar-refractivity contribution in [3.8, 4) is 0 Å². The number of carbonyl (C=O) groups is 1. The summed E-state index contributed by atoms with van der Waals surface area (Å²) in [5.41, 5.74) is 1.19. The van der Waals surface area contributed by atoms with Gasteiger partial charge < -0.3 is 10.1 Å². The first-order valence-corrected chi connectivity index (χ1v) is 7.16. The summed E-state index contributed by atoms with van der Waals surface area (Å²) in [7, 11) is 0. The zero-order valence-electron chi connectivity index (χ0n) is 11.5. The van der Waals surface area contributed by atoms with Crippen molar-refractivity contribution in [2.24, 2.45) is 0 Å². The van der Waals surface area contributed by atoms with E-state index in [-0.39, 0.29) is 12.1 Å². The van der Waals surface area contributed by atoms with Crippen molar-refractivity contribution in [1.29, 1.82) is 0 Å². The number of carbonyl (C=O) groups excluding carboxylic acids is 1. The van der Waals surface area contributed by atoms with Gasteiger partial charge in [0.05, 0.1) is 12.6 Å². The SMILES string of the molecule is O=C1N[C@@H](c2c3ccccc3cc3ccccc23)CCO1. The molecule has 1 amide bonds. The smallest absolute Gasteiger partial charge is 0.407 e. The topological polar surface area (TPSA) is 38.3 Å². The molecule has 1 saturated heterocycles. The summed E-state index contributed by atoms with van der Waals surface area (Å²) in [4.78, 5) is 11.6. The van der Waals surface area contributed by atoms with Gasteiger partial charge in [-0.1, -0.05) is 48.5 Å². The van der Waals surface area contributed by atoms with Gasteiger partial charge in [-0.25, -0.2) is 4.79 Å². The number of alkyl carbamates (subject to hydrolysis) is 1. The van der Waals surface area contributed by atoms with E-state index in [0.717, 1.165) is 6.42 Å². The fraction of sp³-hybridized carbons (Fsp3) is 0.167. The van der Waals surface area contributed by atoms with E-state index >= 15 is 0 Å². The lowest BCUT2D eigenvalue weighted by Gasteiger charge is -2.26. The third-order valence-corrected chi connectivity index (χ3v) is 4.09. The Labute approximate surface area is 122 Å². The highest BCUT2D eigenvalue weighted by atomic mass is 16.5. The van der Waals surface area contributed by atoms with Crippen molar-refractivity contribution >= 4 is 27.6 Å². The molecule has 3 nitrogen and oxygen atoms in total. The van der Waals surface area contributed by atoms with Gasteiger partial charge in [-0.15, -0.1) is 0 Å². The van der Waals surface area contributed by atoms with Crippen molar-refractivity contribution in [1.82, 2.24) is 5.32 Å². The Hall–Kier alpha value is -2.55. The minimum atomic E-state index is -0.330. The average molecular weight is 277 g/mol. The molecule has 0 aliphatic carbocycles. The van der Waals surface area contributed by atoms with Crippen LogP contribution in [-0.2, 0) is 4.74 Å². The Morgan fingerprint density at radius 2 is 1.57 bits per heavy atom. The molecule has 1 aliphatic rings. The molecule has 0 bridgehead atoms. The van der Waals surface area contributed by atoms with E-state index in [0.29, 0.717) is 6.61 Å². The molecule has 1 aliphatic heterocycles. The lowest BCUT2D eigenvalue weighted by molar-refractivity contribution is 0.116. The molecule has 3 heteroatoms. The van der Waals surface area contributed by atoms with E-state index in [1.165, 1.54) is 27.1 Å². The van der Waals surface area contributed by atoms with Crippen LogP contribution in [0.15, 0.2) is 54.6 Å². The first kappa shape index (κ1) is 12.2. The Kier molecular flexibility index (Phi) is 2.78. The summed E-state index contributed by atoms with van der Waals surface area (Å²) in [5, 5.41) is 7.75. The van der Waals surface area contributed by atoms with Gasteiger partial charge in [0.2, 0.25) is 0 Å². The van der Waals surface area contributed by atoms with Crippen molar-refractivity contribution in [3.63, 3.8) is 0 Å². The number of amides is 1. The molecule has 3 aromatic rings. The predicted octanol–water partition coefficient (Wildman–Crippen LogP) is 4.16. The van der Waals surface area contributed by atoms with E-state index < -0.39 is 0 Å². The molecular formula is C18H15NO2. The lowest BCUT2D eigenvalue weighted by Crippen LogP contribution is -2.35. The van der Waals surface area contributed by atoms with Crippen LogP contribution in [-0.4, -0.2) is 12.7 Å². The highest BCUT2D eigenvalue weighted by molar-refractivity contribution is 6.02. The average Bonchev–Trinajstić information content (AvgIpc) is 2.52. The van der Waals surface area contributed by atoms with Gasteiger partial charge in [0.15, 0.2) is 0 Å². The monoisotopic (exact) mass is 277 g/mol. The molecule has 21 heavy (non-hydrogen) atoms. The molecule has 1 heterocycles. The molecule has 0 radical (unpaired) electrons. The highest BCUT2D eigenvalue weighted by Gasteiger charge is 2.24. The van der Waals surface area contributed by atoms with Crippen LogP contribution in [0.1, 0.15) is 18.0 Å². The third kappa shape index (κ3) is 2.02. The summed E-state index contributed by atoms with van der Waals surface area (Å²) in [5.74, 6) is 0. The van der Waals surface area contributed by atoms with Crippen LogP contribution in [0.25, 0.3) is 21.5 Å². The molecule has 4 rings (SSSR count). The standard InChI is InChI=1S/C18H15NO2/c20-18-19-16(9-10-21-18)17-14-7-3-1-5-12(14)11-13-6-2-4-8-15(13)17/h1-8,11,16H,9-10H2,(H,19,20)/t16-/m1/s1. The van der Waals surface area contributed by atoms with E-state index in [9.17, 15) is 4.79 Å².